The fraction of sp³-hybridized carbons (Fsp3) is 0.400. The highest BCUT2D eigenvalue weighted by molar-refractivity contribution is 6.31. The van der Waals surface area contributed by atoms with Gasteiger partial charge in [-0.1, -0.05) is 11.6 Å². The maximum absolute atomic E-state index is 14.5. The first-order chi connectivity index (χ1) is 14.4. The van der Waals surface area contributed by atoms with Crippen LogP contribution in [0.1, 0.15) is 25.7 Å². The van der Waals surface area contributed by atoms with Crippen LogP contribution in [0, 0.1) is 5.82 Å². The van der Waals surface area contributed by atoms with E-state index in [0.717, 1.165) is 30.8 Å². The molecule has 1 fully saturated rings. The standard InChI is InChI=1S/C20H23ClFN7O/c1-29(2)20(30)27-13-5-3-4-12(7-13)26-19-16(22)10-25-18(28-19)15-9-24-17-14(15)6-11(21)8-23-17/h6,8-10,12-13H,3-5,7H2,1-2H3,(H,23,24)(H,27,30)(H,25,26,28)/t12-,13+/m1/s1. The number of fused-ring (bicyclic) bond motifs is 1. The molecule has 0 bridgehead atoms. The van der Waals surface area contributed by atoms with Crippen LogP contribution in [0.2, 0.25) is 5.02 Å². The number of hydrogen-bond donors (Lipinski definition) is 3. The zero-order chi connectivity index (χ0) is 21.3. The summed E-state index contributed by atoms with van der Waals surface area (Å²) >= 11 is 6.07. The van der Waals surface area contributed by atoms with Gasteiger partial charge in [-0.3, -0.25) is 0 Å². The van der Waals surface area contributed by atoms with E-state index in [-0.39, 0.29) is 23.9 Å². The van der Waals surface area contributed by atoms with Crippen LogP contribution in [0.25, 0.3) is 22.4 Å². The summed E-state index contributed by atoms with van der Waals surface area (Å²) in [4.78, 5) is 29.3. The Morgan fingerprint density at radius 2 is 2.07 bits per heavy atom. The molecule has 0 radical (unpaired) electrons. The summed E-state index contributed by atoms with van der Waals surface area (Å²) in [6.07, 6.45) is 7.86. The summed E-state index contributed by atoms with van der Waals surface area (Å²) in [5.74, 6) is 0.00519. The van der Waals surface area contributed by atoms with Crippen LogP contribution in [0.3, 0.4) is 0 Å². The number of carbonyl (C=O) groups excluding carboxylic acids is 1. The molecule has 0 spiro atoms. The molecule has 3 heterocycles. The lowest BCUT2D eigenvalue weighted by Crippen LogP contribution is -2.45. The van der Waals surface area contributed by atoms with Crippen molar-refractivity contribution in [2.45, 2.75) is 37.8 Å². The van der Waals surface area contributed by atoms with Gasteiger partial charge in [-0.2, -0.15) is 0 Å². The van der Waals surface area contributed by atoms with Crippen LogP contribution in [-0.4, -0.2) is 57.0 Å². The van der Waals surface area contributed by atoms with Crippen LogP contribution in [0.4, 0.5) is 15.0 Å². The van der Waals surface area contributed by atoms with Crippen molar-refractivity contribution in [3.8, 4) is 11.4 Å². The molecule has 2 amide bonds. The number of pyridine rings is 1. The number of nitrogens with zero attached hydrogens (tertiary/aromatic N) is 4. The molecular weight excluding hydrogens is 409 g/mol. The number of hydrogen-bond acceptors (Lipinski definition) is 5. The molecule has 10 heteroatoms. The molecule has 3 aromatic rings. The number of anilines is 1. The number of urea groups is 1. The van der Waals surface area contributed by atoms with Crippen molar-refractivity contribution < 1.29 is 9.18 Å². The molecule has 0 unspecified atom stereocenters. The third-order valence-corrected chi connectivity index (χ3v) is 5.44. The Morgan fingerprint density at radius 3 is 2.87 bits per heavy atom. The summed E-state index contributed by atoms with van der Waals surface area (Å²) in [5.41, 5.74) is 1.35. The Hall–Kier alpha value is -2.94. The minimum Gasteiger partial charge on any atom is -0.365 e. The van der Waals surface area contributed by atoms with Crippen LogP contribution in [0.5, 0.6) is 0 Å². The fourth-order valence-electron chi connectivity index (χ4n) is 3.71. The predicted octanol–water partition coefficient (Wildman–Crippen LogP) is 3.81. The Kier molecular flexibility index (Phi) is 5.72. The number of aromatic nitrogens is 4. The molecule has 1 aliphatic carbocycles. The maximum Gasteiger partial charge on any atom is 0.317 e. The molecule has 1 saturated carbocycles. The van der Waals surface area contributed by atoms with Crippen LogP contribution in [-0.2, 0) is 0 Å². The summed E-state index contributed by atoms with van der Waals surface area (Å²) in [6.45, 7) is 0. The van der Waals surface area contributed by atoms with E-state index in [1.54, 1.807) is 32.6 Å². The summed E-state index contributed by atoms with van der Waals surface area (Å²) in [6, 6.07) is 1.69. The third-order valence-electron chi connectivity index (χ3n) is 5.23. The Labute approximate surface area is 178 Å². The molecule has 30 heavy (non-hydrogen) atoms. The lowest BCUT2D eigenvalue weighted by Gasteiger charge is -2.31. The van der Waals surface area contributed by atoms with Crippen LogP contribution >= 0.6 is 11.6 Å². The molecule has 8 nitrogen and oxygen atoms in total. The Bertz CT molecular complexity index is 1070. The first kappa shape index (κ1) is 20.3. The van der Waals surface area contributed by atoms with E-state index in [4.69, 9.17) is 11.6 Å². The van der Waals surface area contributed by atoms with Gasteiger partial charge in [0.05, 0.1) is 11.2 Å². The van der Waals surface area contributed by atoms with E-state index >= 15 is 0 Å². The van der Waals surface area contributed by atoms with Crippen LogP contribution in [0.15, 0.2) is 24.7 Å². The number of halogens is 2. The maximum atomic E-state index is 14.5. The van der Waals surface area contributed by atoms with Gasteiger partial charge in [-0.25, -0.2) is 24.1 Å². The number of aromatic amines is 1. The second-order valence-electron chi connectivity index (χ2n) is 7.69. The van der Waals surface area contributed by atoms with E-state index in [1.165, 1.54) is 4.90 Å². The van der Waals surface area contributed by atoms with Crippen LogP contribution < -0.4 is 10.6 Å². The van der Waals surface area contributed by atoms with E-state index in [1.807, 2.05) is 0 Å². The van der Waals surface area contributed by atoms with Crippen molar-refractivity contribution in [2.24, 2.45) is 0 Å². The SMILES string of the molecule is CN(C)C(=O)N[C@H]1CCC[C@@H](Nc2nc(-c3c[nH]c4ncc(Cl)cc34)ncc2F)C1. The second-order valence-corrected chi connectivity index (χ2v) is 8.13. The highest BCUT2D eigenvalue weighted by Crippen LogP contribution is 2.29. The predicted molar refractivity (Wildman–Crippen MR) is 114 cm³/mol. The van der Waals surface area contributed by atoms with E-state index in [2.05, 4.69) is 30.6 Å². The van der Waals surface area contributed by atoms with Crippen molar-refractivity contribution in [1.82, 2.24) is 30.2 Å². The smallest absolute Gasteiger partial charge is 0.317 e. The zero-order valence-electron chi connectivity index (χ0n) is 16.7. The van der Waals surface area contributed by atoms with Gasteiger partial charge >= 0.3 is 6.03 Å². The van der Waals surface area contributed by atoms with Crippen molar-refractivity contribution in [3.63, 3.8) is 0 Å². The summed E-state index contributed by atoms with van der Waals surface area (Å²) < 4.78 is 14.5. The largest absolute Gasteiger partial charge is 0.365 e. The molecule has 3 N–H and O–H groups in total. The average Bonchev–Trinajstić information content (AvgIpc) is 3.13. The van der Waals surface area contributed by atoms with Crippen molar-refractivity contribution in [2.75, 3.05) is 19.4 Å². The van der Waals surface area contributed by atoms with Gasteiger partial charge in [0, 0.05) is 49.5 Å². The monoisotopic (exact) mass is 431 g/mol. The van der Waals surface area contributed by atoms with E-state index in [0.29, 0.717) is 28.5 Å². The molecule has 0 saturated heterocycles. The molecule has 158 valence electrons. The number of amides is 2. The first-order valence-corrected chi connectivity index (χ1v) is 10.2. The van der Waals surface area contributed by atoms with Gasteiger partial charge in [0.15, 0.2) is 17.5 Å². The zero-order valence-corrected chi connectivity index (χ0v) is 17.5. The topological polar surface area (TPSA) is 98.8 Å². The van der Waals surface area contributed by atoms with Crippen molar-refractivity contribution >= 4 is 34.5 Å². The first-order valence-electron chi connectivity index (χ1n) is 9.80. The molecular formula is C20H23ClFN7O. The summed E-state index contributed by atoms with van der Waals surface area (Å²) in [7, 11) is 3.41. The van der Waals surface area contributed by atoms with Gasteiger partial charge in [0.25, 0.3) is 0 Å². The highest BCUT2D eigenvalue weighted by atomic mass is 35.5. The molecule has 3 aromatic heterocycles. The molecule has 4 rings (SSSR count). The quantitative estimate of drug-likeness (QED) is 0.583. The lowest BCUT2D eigenvalue weighted by atomic mass is 9.91. The van der Waals surface area contributed by atoms with Gasteiger partial charge in [0.1, 0.15) is 5.65 Å². The van der Waals surface area contributed by atoms with Gasteiger partial charge in [-0.15, -0.1) is 0 Å². The normalized spacial score (nSPS) is 18.9. The number of nitrogens with one attached hydrogen (secondary N) is 3. The molecule has 2 atom stereocenters. The molecule has 0 aliphatic heterocycles. The molecule has 1 aliphatic rings. The van der Waals surface area contributed by atoms with E-state index < -0.39 is 5.82 Å². The Morgan fingerprint density at radius 1 is 1.27 bits per heavy atom. The number of rotatable bonds is 4. The average molecular weight is 432 g/mol. The lowest BCUT2D eigenvalue weighted by molar-refractivity contribution is 0.208. The summed E-state index contributed by atoms with van der Waals surface area (Å²) in [5, 5.41) is 7.47. The van der Waals surface area contributed by atoms with Gasteiger partial charge in [0.2, 0.25) is 0 Å². The minimum absolute atomic E-state index is 0.00235. The van der Waals surface area contributed by atoms with Gasteiger partial charge < -0.3 is 20.5 Å². The Balaban J connectivity index is 1.53. The highest BCUT2D eigenvalue weighted by Gasteiger charge is 2.25. The third kappa shape index (κ3) is 4.30. The molecule has 0 aromatic carbocycles. The van der Waals surface area contributed by atoms with E-state index in [9.17, 15) is 9.18 Å². The van der Waals surface area contributed by atoms with Crippen molar-refractivity contribution in [1.29, 1.82) is 0 Å². The van der Waals surface area contributed by atoms with Gasteiger partial charge in [-0.05, 0) is 31.7 Å². The number of carbonyl (C=O) groups is 1. The minimum atomic E-state index is -0.519. The number of H-pyrrole nitrogens is 1. The second kappa shape index (κ2) is 8.43. The van der Waals surface area contributed by atoms with Crippen molar-refractivity contribution in [3.05, 3.63) is 35.5 Å². The fourth-order valence-corrected chi connectivity index (χ4v) is 3.87.